The van der Waals surface area contributed by atoms with Crippen LogP contribution in [0.3, 0.4) is 0 Å². The van der Waals surface area contributed by atoms with Gasteiger partial charge in [0.05, 0.1) is 7.11 Å². The van der Waals surface area contributed by atoms with E-state index in [0.717, 1.165) is 11.3 Å². The lowest BCUT2D eigenvalue weighted by molar-refractivity contribution is 0.326. The van der Waals surface area contributed by atoms with E-state index in [9.17, 15) is 0 Å². The van der Waals surface area contributed by atoms with Crippen molar-refractivity contribution in [3.05, 3.63) is 50.7 Å². The quantitative estimate of drug-likeness (QED) is 0.658. The highest BCUT2D eigenvalue weighted by atomic mass is 35.5. The average Bonchev–Trinajstić information content (AvgIpc) is 2.93. The molecule has 1 aromatic carbocycles. The molecule has 0 radical (unpaired) electrons. The third kappa shape index (κ3) is 5.11. The summed E-state index contributed by atoms with van der Waals surface area (Å²) in [6.45, 7) is 2.29. The molecule has 23 heavy (non-hydrogen) atoms. The molecule has 2 rings (SSSR count). The molecule has 0 saturated heterocycles. The zero-order valence-corrected chi connectivity index (χ0v) is 15.7. The summed E-state index contributed by atoms with van der Waals surface area (Å²) in [4.78, 5) is 1.85. The molecular weight excluding hydrogens is 373 g/mol. The van der Waals surface area contributed by atoms with Gasteiger partial charge in [-0.3, -0.25) is 0 Å². The molecular formula is C16H15Cl2NO2S2. The Morgan fingerprint density at radius 1 is 1.30 bits per heavy atom. The number of hydrogen-bond acceptors (Lipinski definition) is 4. The van der Waals surface area contributed by atoms with Gasteiger partial charge in [-0.2, -0.15) is 0 Å². The molecule has 0 bridgehead atoms. The Hall–Kier alpha value is -1.27. The molecule has 0 atom stereocenters. The fourth-order valence-corrected chi connectivity index (χ4v) is 3.12. The van der Waals surface area contributed by atoms with Crippen LogP contribution in [0.15, 0.2) is 40.2 Å². The largest absolute Gasteiger partial charge is 0.493 e. The predicted octanol–water partition coefficient (Wildman–Crippen LogP) is 5.55. The normalized spacial score (nSPS) is 10.1. The minimum Gasteiger partial charge on any atom is -0.493 e. The van der Waals surface area contributed by atoms with Gasteiger partial charge in [0, 0.05) is 22.2 Å². The van der Waals surface area contributed by atoms with Gasteiger partial charge in [-0.15, -0.1) is 11.3 Å². The van der Waals surface area contributed by atoms with Gasteiger partial charge in [0.2, 0.25) is 0 Å². The summed E-state index contributed by atoms with van der Waals surface area (Å²) in [5.74, 6) is 1.19. The highest BCUT2D eigenvalue weighted by Crippen LogP contribution is 2.31. The molecule has 2 aromatic rings. The SMILES string of the molecule is COc1ccc(NC(=S)c2ccsc2C)cc1OCC=C(Cl)Cl. The van der Waals surface area contributed by atoms with Gasteiger partial charge in [0.15, 0.2) is 11.5 Å². The van der Waals surface area contributed by atoms with E-state index in [1.807, 2.05) is 36.6 Å². The lowest BCUT2D eigenvalue weighted by Gasteiger charge is -2.13. The molecule has 7 heteroatoms. The first-order valence-corrected chi connectivity index (χ1v) is 8.73. The maximum absolute atomic E-state index is 5.62. The van der Waals surface area contributed by atoms with E-state index in [1.165, 1.54) is 4.88 Å². The number of methoxy groups -OCH3 is 1. The molecule has 1 heterocycles. The number of aryl methyl sites for hydroxylation is 1. The lowest BCUT2D eigenvalue weighted by atomic mass is 10.2. The Morgan fingerprint density at radius 2 is 2.09 bits per heavy atom. The minimum atomic E-state index is 0.160. The van der Waals surface area contributed by atoms with E-state index in [2.05, 4.69) is 5.32 Å². The van der Waals surface area contributed by atoms with Crippen LogP contribution in [-0.2, 0) is 0 Å². The summed E-state index contributed by atoms with van der Waals surface area (Å²) < 4.78 is 11.1. The molecule has 0 unspecified atom stereocenters. The smallest absolute Gasteiger partial charge is 0.163 e. The van der Waals surface area contributed by atoms with Crippen LogP contribution in [0.5, 0.6) is 11.5 Å². The van der Waals surface area contributed by atoms with Gasteiger partial charge in [-0.05, 0) is 36.6 Å². The molecule has 122 valence electrons. The number of thiophene rings is 1. The first-order chi connectivity index (χ1) is 11.0. The lowest BCUT2D eigenvalue weighted by Crippen LogP contribution is -2.10. The van der Waals surface area contributed by atoms with Crippen LogP contribution in [0.2, 0.25) is 0 Å². The van der Waals surface area contributed by atoms with Crippen molar-refractivity contribution in [3.63, 3.8) is 0 Å². The van der Waals surface area contributed by atoms with Gasteiger partial charge in [0.1, 0.15) is 16.1 Å². The Bertz CT molecular complexity index is 725. The number of benzene rings is 1. The van der Waals surface area contributed by atoms with Gasteiger partial charge in [0.25, 0.3) is 0 Å². The van der Waals surface area contributed by atoms with Crippen molar-refractivity contribution < 1.29 is 9.47 Å². The van der Waals surface area contributed by atoms with Crippen molar-refractivity contribution in [3.8, 4) is 11.5 Å². The summed E-state index contributed by atoms with van der Waals surface area (Å²) in [6, 6.07) is 7.52. The average molecular weight is 388 g/mol. The number of anilines is 1. The van der Waals surface area contributed by atoms with Crippen molar-refractivity contribution in [2.45, 2.75) is 6.92 Å². The van der Waals surface area contributed by atoms with E-state index in [0.29, 0.717) is 16.5 Å². The Labute approximate surface area is 154 Å². The Morgan fingerprint density at radius 3 is 2.70 bits per heavy atom. The summed E-state index contributed by atoms with van der Waals surface area (Å²) in [7, 11) is 1.58. The first-order valence-electron chi connectivity index (χ1n) is 6.68. The molecule has 0 aliphatic rings. The summed E-state index contributed by atoms with van der Waals surface area (Å²) >= 11 is 18.3. The van der Waals surface area contributed by atoms with Crippen LogP contribution in [0, 0.1) is 6.92 Å². The molecule has 1 N–H and O–H groups in total. The van der Waals surface area contributed by atoms with Crippen molar-refractivity contribution in [2.75, 3.05) is 19.0 Å². The topological polar surface area (TPSA) is 30.5 Å². The van der Waals surface area contributed by atoms with Gasteiger partial charge in [-0.1, -0.05) is 35.4 Å². The van der Waals surface area contributed by atoms with Crippen molar-refractivity contribution in [1.82, 2.24) is 0 Å². The summed E-state index contributed by atoms with van der Waals surface area (Å²) in [5, 5.41) is 5.23. The van der Waals surface area contributed by atoms with Crippen LogP contribution in [0.25, 0.3) is 0 Å². The highest BCUT2D eigenvalue weighted by molar-refractivity contribution is 7.81. The molecule has 0 amide bonds. The van der Waals surface area contributed by atoms with Gasteiger partial charge in [-0.25, -0.2) is 0 Å². The number of ether oxygens (including phenoxy) is 2. The van der Waals surface area contributed by atoms with Crippen LogP contribution < -0.4 is 14.8 Å². The second-order valence-electron chi connectivity index (χ2n) is 4.51. The molecule has 0 aliphatic heterocycles. The van der Waals surface area contributed by atoms with Gasteiger partial charge < -0.3 is 14.8 Å². The molecule has 0 spiro atoms. The van der Waals surface area contributed by atoms with Crippen LogP contribution in [-0.4, -0.2) is 18.7 Å². The fourth-order valence-electron chi connectivity index (χ4n) is 1.88. The minimum absolute atomic E-state index is 0.160. The molecule has 1 aromatic heterocycles. The van der Waals surface area contributed by atoms with E-state index < -0.39 is 0 Å². The molecule has 0 aliphatic carbocycles. The number of thiocarbonyl (C=S) groups is 1. The second-order valence-corrected chi connectivity index (χ2v) is 7.05. The number of halogens is 2. The molecule has 0 fully saturated rings. The molecule has 3 nitrogen and oxygen atoms in total. The predicted molar refractivity (Wildman–Crippen MR) is 103 cm³/mol. The van der Waals surface area contributed by atoms with Crippen molar-refractivity contribution >= 4 is 57.4 Å². The maximum atomic E-state index is 5.62. The first kappa shape index (κ1) is 18.1. The Kier molecular flexibility index (Phi) is 6.72. The fraction of sp³-hybridized carbons (Fsp3) is 0.188. The Balaban J connectivity index is 2.15. The number of rotatable bonds is 6. The van der Waals surface area contributed by atoms with E-state index >= 15 is 0 Å². The van der Waals surface area contributed by atoms with E-state index in [-0.39, 0.29) is 11.1 Å². The van der Waals surface area contributed by atoms with Crippen molar-refractivity contribution in [1.29, 1.82) is 0 Å². The van der Waals surface area contributed by atoms with Crippen LogP contribution in [0.1, 0.15) is 10.4 Å². The van der Waals surface area contributed by atoms with E-state index in [1.54, 1.807) is 24.5 Å². The van der Waals surface area contributed by atoms with Crippen LogP contribution in [0.4, 0.5) is 5.69 Å². The van der Waals surface area contributed by atoms with Crippen LogP contribution >= 0.6 is 46.8 Å². The van der Waals surface area contributed by atoms with Crippen molar-refractivity contribution in [2.24, 2.45) is 0 Å². The summed E-state index contributed by atoms with van der Waals surface area (Å²) in [5.41, 5.74) is 1.84. The molecule has 0 saturated carbocycles. The standard InChI is InChI=1S/C16H15Cl2NO2S2/c1-10-12(6-8-23-10)16(22)19-11-3-4-13(20-2)14(9-11)21-7-5-15(17)18/h3-6,8-9H,7H2,1-2H3,(H,19,22). The maximum Gasteiger partial charge on any atom is 0.163 e. The second kappa shape index (κ2) is 8.55. The zero-order valence-electron chi connectivity index (χ0n) is 12.6. The third-order valence-electron chi connectivity index (χ3n) is 3.00. The van der Waals surface area contributed by atoms with E-state index in [4.69, 9.17) is 44.9 Å². The highest BCUT2D eigenvalue weighted by Gasteiger charge is 2.09. The number of nitrogens with one attached hydrogen (secondary N) is 1. The zero-order chi connectivity index (χ0) is 16.8. The third-order valence-corrected chi connectivity index (χ3v) is 4.48. The summed E-state index contributed by atoms with van der Waals surface area (Å²) in [6.07, 6.45) is 1.56. The number of hydrogen-bond donors (Lipinski definition) is 1. The van der Waals surface area contributed by atoms with Gasteiger partial charge >= 0.3 is 0 Å². The monoisotopic (exact) mass is 387 g/mol.